The second-order valence-corrected chi connectivity index (χ2v) is 8.17. The van der Waals surface area contributed by atoms with E-state index >= 15 is 0 Å². The maximum absolute atomic E-state index is 12.2. The molecule has 0 amide bonds. The van der Waals surface area contributed by atoms with E-state index < -0.39 is 10.0 Å². The summed E-state index contributed by atoms with van der Waals surface area (Å²) in [6.45, 7) is 0.317. The Hall–Kier alpha value is -2.29. The predicted molar refractivity (Wildman–Crippen MR) is 94.7 cm³/mol. The molecule has 7 nitrogen and oxygen atoms in total. The number of hydrogen-bond acceptors (Lipinski definition) is 5. The number of nitrogens with zero attached hydrogens (tertiary/aromatic N) is 5. The van der Waals surface area contributed by atoms with E-state index in [-0.39, 0.29) is 4.90 Å². The van der Waals surface area contributed by atoms with Gasteiger partial charge in [-0.25, -0.2) is 12.7 Å². The monoisotopic (exact) mass is 377 g/mol. The molecule has 0 fully saturated rings. The van der Waals surface area contributed by atoms with E-state index in [4.69, 9.17) is 11.6 Å². The van der Waals surface area contributed by atoms with Gasteiger partial charge in [0, 0.05) is 24.7 Å². The number of halogens is 1. The molecular weight excluding hydrogens is 362 g/mol. The third-order valence-corrected chi connectivity index (χ3v) is 5.62. The van der Waals surface area contributed by atoms with Crippen molar-refractivity contribution in [2.45, 2.75) is 11.4 Å². The van der Waals surface area contributed by atoms with Gasteiger partial charge in [-0.05, 0) is 47.2 Å². The Bertz CT molecular complexity index is 984. The lowest BCUT2D eigenvalue weighted by atomic mass is 10.2. The molecule has 0 aliphatic heterocycles. The topological polar surface area (TPSA) is 81.0 Å². The van der Waals surface area contributed by atoms with Crippen LogP contribution in [0.3, 0.4) is 0 Å². The van der Waals surface area contributed by atoms with Gasteiger partial charge in [-0.15, -0.1) is 10.2 Å². The molecule has 0 spiro atoms. The molecule has 130 valence electrons. The first-order valence-corrected chi connectivity index (χ1v) is 9.23. The highest BCUT2D eigenvalue weighted by Crippen LogP contribution is 2.18. The number of aromatic nitrogens is 4. The molecule has 3 aromatic rings. The normalized spacial score (nSPS) is 11.8. The third kappa shape index (κ3) is 3.87. The van der Waals surface area contributed by atoms with Gasteiger partial charge in [-0.3, -0.25) is 0 Å². The maximum Gasteiger partial charge on any atom is 0.242 e. The molecule has 2 aromatic carbocycles. The number of sulfonamides is 1. The van der Waals surface area contributed by atoms with E-state index in [1.165, 1.54) is 23.2 Å². The van der Waals surface area contributed by atoms with Gasteiger partial charge in [0.1, 0.15) is 0 Å². The average molecular weight is 378 g/mol. The fourth-order valence-corrected chi connectivity index (χ4v) is 3.30. The van der Waals surface area contributed by atoms with Crippen LogP contribution in [-0.4, -0.2) is 47.0 Å². The Labute approximate surface area is 150 Å². The zero-order chi connectivity index (χ0) is 18.0. The minimum atomic E-state index is -3.48. The Morgan fingerprint density at radius 3 is 2.52 bits per heavy atom. The number of tetrazole rings is 1. The molecule has 1 aromatic heterocycles. The first kappa shape index (κ1) is 17.5. The molecule has 0 saturated heterocycles. The van der Waals surface area contributed by atoms with Crippen LogP contribution in [0, 0.1) is 0 Å². The molecule has 1 heterocycles. The fraction of sp³-hybridized carbons (Fsp3) is 0.188. The van der Waals surface area contributed by atoms with Crippen molar-refractivity contribution in [2.75, 3.05) is 14.1 Å². The minimum absolute atomic E-state index is 0.230. The van der Waals surface area contributed by atoms with Crippen molar-refractivity contribution in [2.24, 2.45) is 0 Å². The highest BCUT2D eigenvalue weighted by molar-refractivity contribution is 7.89. The van der Waals surface area contributed by atoms with E-state index in [1.54, 1.807) is 30.3 Å². The Balaban J connectivity index is 1.83. The molecule has 0 unspecified atom stereocenters. The first-order chi connectivity index (χ1) is 11.9. The zero-order valence-electron chi connectivity index (χ0n) is 13.7. The smallest absolute Gasteiger partial charge is 0.207 e. The van der Waals surface area contributed by atoms with Crippen LogP contribution in [0.5, 0.6) is 0 Å². The number of hydrogen-bond donors (Lipinski definition) is 0. The van der Waals surface area contributed by atoms with Gasteiger partial charge in [0.05, 0.1) is 11.4 Å². The Kier molecular flexibility index (Phi) is 4.85. The fourth-order valence-electron chi connectivity index (χ4n) is 2.20. The van der Waals surface area contributed by atoms with Crippen molar-refractivity contribution in [3.05, 3.63) is 59.1 Å². The summed E-state index contributed by atoms with van der Waals surface area (Å²) in [4.78, 5) is 1.65. The van der Waals surface area contributed by atoms with Crippen LogP contribution in [0.1, 0.15) is 5.56 Å². The first-order valence-electron chi connectivity index (χ1n) is 7.41. The van der Waals surface area contributed by atoms with Gasteiger partial charge < -0.3 is 0 Å². The van der Waals surface area contributed by atoms with Crippen molar-refractivity contribution >= 4 is 21.6 Å². The summed E-state index contributed by atoms with van der Waals surface area (Å²) in [5.74, 6) is 0.480. The molecule has 0 atom stereocenters. The summed E-state index contributed by atoms with van der Waals surface area (Å²) in [6, 6.07) is 13.8. The number of benzene rings is 2. The Morgan fingerprint density at radius 2 is 1.84 bits per heavy atom. The zero-order valence-corrected chi connectivity index (χ0v) is 15.2. The molecule has 9 heteroatoms. The molecule has 0 aliphatic rings. The average Bonchev–Trinajstić information content (AvgIpc) is 3.04. The van der Waals surface area contributed by atoms with E-state index in [0.717, 1.165) is 11.1 Å². The lowest BCUT2D eigenvalue weighted by Crippen LogP contribution is -2.22. The minimum Gasteiger partial charge on any atom is -0.207 e. The van der Waals surface area contributed by atoms with Gasteiger partial charge in [-0.1, -0.05) is 23.7 Å². The second-order valence-electron chi connectivity index (χ2n) is 5.59. The molecule has 0 radical (unpaired) electrons. The molecule has 3 rings (SSSR count). The molecule has 0 aliphatic carbocycles. The van der Waals surface area contributed by atoms with Crippen LogP contribution in [0.15, 0.2) is 53.4 Å². The molecule has 0 N–H and O–H groups in total. The van der Waals surface area contributed by atoms with Crippen LogP contribution in [-0.2, 0) is 16.6 Å². The van der Waals surface area contributed by atoms with Crippen molar-refractivity contribution in [1.29, 1.82) is 0 Å². The lowest BCUT2D eigenvalue weighted by Gasteiger charge is -2.12. The van der Waals surface area contributed by atoms with Gasteiger partial charge in [0.25, 0.3) is 0 Å². The van der Waals surface area contributed by atoms with Crippen molar-refractivity contribution in [1.82, 2.24) is 24.5 Å². The summed E-state index contributed by atoms with van der Waals surface area (Å²) in [6.07, 6.45) is 0. The summed E-state index contributed by atoms with van der Waals surface area (Å²) < 4.78 is 25.6. The van der Waals surface area contributed by atoms with Gasteiger partial charge in [0.15, 0.2) is 0 Å². The number of rotatable bonds is 5. The van der Waals surface area contributed by atoms with Crippen LogP contribution >= 0.6 is 11.6 Å². The van der Waals surface area contributed by atoms with Gasteiger partial charge >= 0.3 is 0 Å². The van der Waals surface area contributed by atoms with E-state index in [9.17, 15) is 8.42 Å². The third-order valence-electron chi connectivity index (χ3n) is 3.56. The largest absolute Gasteiger partial charge is 0.242 e. The van der Waals surface area contributed by atoms with E-state index in [0.29, 0.717) is 17.4 Å². The van der Waals surface area contributed by atoms with Crippen molar-refractivity contribution < 1.29 is 8.42 Å². The molecule has 0 bridgehead atoms. The van der Waals surface area contributed by atoms with E-state index in [2.05, 4.69) is 15.4 Å². The molecule has 25 heavy (non-hydrogen) atoms. The van der Waals surface area contributed by atoms with Crippen LogP contribution in [0.25, 0.3) is 11.4 Å². The molecule has 0 saturated carbocycles. The summed E-state index contributed by atoms with van der Waals surface area (Å²) >= 11 is 5.87. The summed E-state index contributed by atoms with van der Waals surface area (Å²) in [7, 11) is -0.480. The lowest BCUT2D eigenvalue weighted by molar-refractivity contribution is 0.520. The quantitative estimate of drug-likeness (QED) is 0.681. The van der Waals surface area contributed by atoms with Crippen LogP contribution < -0.4 is 0 Å². The summed E-state index contributed by atoms with van der Waals surface area (Å²) in [5.41, 5.74) is 1.57. The van der Waals surface area contributed by atoms with Crippen molar-refractivity contribution in [3.8, 4) is 11.4 Å². The van der Waals surface area contributed by atoms with Crippen LogP contribution in [0.2, 0.25) is 5.02 Å². The SMILES string of the molecule is CN(C)S(=O)(=O)c1cccc(Cn2nnc(-c3ccc(Cl)cc3)n2)c1. The summed E-state index contributed by atoms with van der Waals surface area (Å²) in [5, 5.41) is 13.0. The van der Waals surface area contributed by atoms with Crippen molar-refractivity contribution in [3.63, 3.8) is 0 Å². The molecular formula is C16H16ClN5O2S. The highest BCUT2D eigenvalue weighted by atomic mass is 35.5. The van der Waals surface area contributed by atoms with Gasteiger partial charge in [0.2, 0.25) is 15.8 Å². The van der Waals surface area contributed by atoms with E-state index in [1.807, 2.05) is 18.2 Å². The standard InChI is InChI=1S/C16H16ClN5O2S/c1-21(2)25(23,24)15-5-3-4-12(10-15)11-22-19-16(18-20-22)13-6-8-14(17)9-7-13/h3-10H,11H2,1-2H3. The van der Waals surface area contributed by atoms with Gasteiger partial charge in [-0.2, -0.15) is 4.80 Å². The maximum atomic E-state index is 12.2. The van der Waals surface area contributed by atoms with Crippen LogP contribution in [0.4, 0.5) is 0 Å². The Morgan fingerprint density at radius 1 is 1.12 bits per heavy atom. The second kappa shape index (κ2) is 6.91. The predicted octanol–water partition coefficient (Wildman–Crippen LogP) is 2.29. The highest BCUT2D eigenvalue weighted by Gasteiger charge is 2.17.